The molecule has 4 aromatic rings. The van der Waals surface area contributed by atoms with Gasteiger partial charge in [0, 0.05) is 18.2 Å². The van der Waals surface area contributed by atoms with Crippen molar-refractivity contribution in [2.75, 3.05) is 11.9 Å². The lowest BCUT2D eigenvalue weighted by molar-refractivity contribution is 0.268. The highest BCUT2D eigenvalue weighted by Gasteiger charge is 2.14. The molecule has 5 heteroatoms. The van der Waals surface area contributed by atoms with Gasteiger partial charge in [0.05, 0.1) is 5.69 Å². The molecule has 0 saturated carbocycles. The Morgan fingerprint density at radius 3 is 2.14 bits per heavy atom. The Balaban J connectivity index is 1.54. The van der Waals surface area contributed by atoms with Crippen LogP contribution in [0.4, 0.5) is 10.1 Å². The van der Waals surface area contributed by atoms with Gasteiger partial charge < -0.3 is 14.8 Å². The molecule has 0 spiro atoms. The van der Waals surface area contributed by atoms with Gasteiger partial charge in [-0.2, -0.15) is 4.98 Å². The summed E-state index contributed by atoms with van der Waals surface area (Å²) >= 11 is 0. The average molecular weight is 485 g/mol. The number of hydrogen-bond acceptors (Lipinski definition) is 4. The Kier molecular flexibility index (Phi) is 8.92. The molecular formula is C31H33FN2O2. The number of halogens is 1. The molecule has 0 aliphatic rings. The lowest BCUT2D eigenvalue weighted by Gasteiger charge is -2.15. The van der Waals surface area contributed by atoms with Crippen molar-refractivity contribution in [3.8, 4) is 22.9 Å². The van der Waals surface area contributed by atoms with Gasteiger partial charge in [-0.15, -0.1) is 0 Å². The maximum Gasteiger partial charge on any atom is 0.225 e. The first kappa shape index (κ1) is 25.2. The van der Waals surface area contributed by atoms with Crippen molar-refractivity contribution in [3.63, 3.8) is 0 Å². The zero-order chi connectivity index (χ0) is 25.2. The van der Waals surface area contributed by atoms with Crippen LogP contribution in [0.5, 0.6) is 11.8 Å². The van der Waals surface area contributed by atoms with Crippen molar-refractivity contribution < 1.29 is 13.9 Å². The largest absolute Gasteiger partial charge is 0.473 e. The summed E-state index contributed by atoms with van der Waals surface area (Å²) in [5.74, 6) is 1.17. The number of nitrogens with one attached hydrogen (secondary N) is 1. The first-order valence-electron chi connectivity index (χ1n) is 12.5. The maximum atomic E-state index is 15.0. The molecule has 4 nitrogen and oxygen atoms in total. The summed E-state index contributed by atoms with van der Waals surface area (Å²) in [5.41, 5.74) is 3.99. The third kappa shape index (κ3) is 7.08. The van der Waals surface area contributed by atoms with E-state index >= 15 is 0 Å². The molecule has 1 aromatic heterocycles. The smallest absolute Gasteiger partial charge is 0.225 e. The number of aromatic nitrogens is 1. The van der Waals surface area contributed by atoms with Crippen molar-refractivity contribution >= 4 is 5.69 Å². The van der Waals surface area contributed by atoms with Gasteiger partial charge in [-0.25, -0.2) is 4.39 Å². The molecule has 0 aliphatic heterocycles. The summed E-state index contributed by atoms with van der Waals surface area (Å²) < 4.78 is 27.0. The molecule has 0 aliphatic carbocycles. The van der Waals surface area contributed by atoms with E-state index in [0.717, 1.165) is 30.5 Å². The quantitative estimate of drug-likeness (QED) is 0.222. The first-order chi connectivity index (χ1) is 17.6. The zero-order valence-corrected chi connectivity index (χ0v) is 20.9. The third-order valence-electron chi connectivity index (χ3n) is 6.21. The summed E-state index contributed by atoms with van der Waals surface area (Å²) in [7, 11) is 0. The van der Waals surface area contributed by atoms with Crippen LogP contribution < -0.4 is 14.8 Å². The molecule has 186 valence electrons. The lowest BCUT2D eigenvalue weighted by atomic mass is 10.0. The molecular weight excluding hydrogens is 451 g/mol. The molecule has 1 heterocycles. The topological polar surface area (TPSA) is 43.4 Å². The van der Waals surface area contributed by atoms with Crippen molar-refractivity contribution in [2.45, 2.75) is 39.9 Å². The summed E-state index contributed by atoms with van der Waals surface area (Å²) in [4.78, 5) is 4.63. The number of hydrogen-bond donors (Lipinski definition) is 1. The van der Waals surface area contributed by atoms with Crippen LogP contribution in [0.25, 0.3) is 11.1 Å². The number of pyridine rings is 1. The Morgan fingerprint density at radius 2 is 1.50 bits per heavy atom. The zero-order valence-electron chi connectivity index (χ0n) is 20.9. The number of rotatable bonds is 12. The molecule has 1 atom stereocenters. The van der Waals surface area contributed by atoms with Gasteiger partial charge in [0.25, 0.3) is 0 Å². The Bertz CT molecular complexity index is 1230. The molecule has 36 heavy (non-hydrogen) atoms. The number of anilines is 1. The van der Waals surface area contributed by atoms with Crippen LogP contribution in [0.3, 0.4) is 0 Å². The number of benzene rings is 3. The van der Waals surface area contributed by atoms with E-state index in [0.29, 0.717) is 47.7 Å². The van der Waals surface area contributed by atoms with Gasteiger partial charge in [-0.3, -0.25) is 0 Å². The number of nitrogens with zero attached hydrogens (tertiary/aromatic N) is 1. The van der Waals surface area contributed by atoms with E-state index < -0.39 is 0 Å². The minimum absolute atomic E-state index is 0.296. The maximum absolute atomic E-state index is 15.0. The molecule has 0 saturated heterocycles. The minimum Gasteiger partial charge on any atom is -0.473 e. The van der Waals surface area contributed by atoms with Crippen LogP contribution >= 0.6 is 0 Å². The van der Waals surface area contributed by atoms with Gasteiger partial charge in [0.15, 0.2) is 0 Å². The molecule has 1 N–H and O–H groups in total. The van der Waals surface area contributed by atoms with E-state index in [-0.39, 0.29) is 5.82 Å². The highest BCUT2D eigenvalue weighted by molar-refractivity contribution is 5.71. The van der Waals surface area contributed by atoms with E-state index in [2.05, 4.69) is 24.1 Å². The summed E-state index contributed by atoms with van der Waals surface area (Å²) in [6.45, 7) is 5.87. The highest BCUT2D eigenvalue weighted by Crippen LogP contribution is 2.33. The third-order valence-corrected chi connectivity index (χ3v) is 6.21. The average Bonchev–Trinajstić information content (AvgIpc) is 2.92. The molecule has 4 rings (SSSR count). The van der Waals surface area contributed by atoms with E-state index in [1.807, 2.05) is 72.8 Å². The van der Waals surface area contributed by atoms with Crippen LogP contribution in [0.1, 0.15) is 37.8 Å². The van der Waals surface area contributed by atoms with Crippen molar-refractivity contribution in [1.29, 1.82) is 0 Å². The fourth-order valence-corrected chi connectivity index (χ4v) is 3.77. The first-order valence-corrected chi connectivity index (χ1v) is 12.5. The second-order valence-corrected chi connectivity index (χ2v) is 8.97. The second kappa shape index (κ2) is 12.7. The molecule has 0 radical (unpaired) electrons. The van der Waals surface area contributed by atoms with Crippen molar-refractivity contribution in [2.24, 2.45) is 5.92 Å². The van der Waals surface area contributed by atoms with Crippen molar-refractivity contribution in [1.82, 2.24) is 4.98 Å². The minimum atomic E-state index is -0.296. The van der Waals surface area contributed by atoms with Gasteiger partial charge in [-0.05, 0) is 47.2 Å². The van der Waals surface area contributed by atoms with Crippen LogP contribution in [-0.4, -0.2) is 11.5 Å². The molecule has 0 fully saturated rings. The van der Waals surface area contributed by atoms with E-state index in [1.54, 1.807) is 12.1 Å². The Hall–Kier alpha value is -3.86. The molecule has 1 unspecified atom stereocenters. The molecule has 0 amide bonds. The van der Waals surface area contributed by atoms with Gasteiger partial charge in [0.2, 0.25) is 11.8 Å². The second-order valence-electron chi connectivity index (χ2n) is 8.97. The molecule has 3 aromatic carbocycles. The Labute approximate surface area is 213 Å². The van der Waals surface area contributed by atoms with Gasteiger partial charge in [0.1, 0.15) is 19.0 Å². The van der Waals surface area contributed by atoms with E-state index in [9.17, 15) is 4.39 Å². The van der Waals surface area contributed by atoms with Crippen LogP contribution in [-0.2, 0) is 13.2 Å². The standard InChI is InChI=1S/C31H33FN2O2/c1-3-23(2)18-19-33-29-16-14-26(20-28(29)32)27-15-17-30(35-21-24-10-6-4-7-11-24)34-31(27)36-22-25-12-8-5-9-13-25/h4-17,20,23,33H,3,18-19,21-22H2,1-2H3. The molecule has 0 bridgehead atoms. The van der Waals surface area contributed by atoms with Crippen LogP contribution in [0.15, 0.2) is 91.0 Å². The van der Waals surface area contributed by atoms with E-state index in [1.165, 1.54) is 6.07 Å². The van der Waals surface area contributed by atoms with Gasteiger partial charge in [-0.1, -0.05) is 87.0 Å². The lowest BCUT2D eigenvalue weighted by Crippen LogP contribution is -2.07. The summed E-state index contributed by atoms with van der Waals surface area (Å²) in [6, 6.07) is 28.7. The van der Waals surface area contributed by atoms with Crippen molar-refractivity contribution in [3.05, 3.63) is 108 Å². The summed E-state index contributed by atoms with van der Waals surface area (Å²) in [6.07, 6.45) is 2.12. The highest BCUT2D eigenvalue weighted by atomic mass is 19.1. The fourth-order valence-electron chi connectivity index (χ4n) is 3.77. The monoisotopic (exact) mass is 484 g/mol. The normalized spacial score (nSPS) is 11.6. The predicted molar refractivity (Wildman–Crippen MR) is 144 cm³/mol. The van der Waals surface area contributed by atoms with Crippen LogP contribution in [0, 0.1) is 11.7 Å². The summed E-state index contributed by atoms with van der Waals surface area (Å²) in [5, 5.41) is 3.22. The predicted octanol–water partition coefficient (Wildman–Crippen LogP) is 7.89. The fraction of sp³-hybridized carbons (Fsp3) is 0.258. The number of ether oxygens (including phenoxy) is 2. The van der Waals surface area contributed by atoms with Crippen LogP contribution in [0.2, 0.25) is 0 Å². The Morgan fingerprint density at radius 1 is 0.833 bits per heavy atom. The van der Waals surface area contributed by atoms with E-state index in [4.69, 9.17) is 9.47 Å². The van der Waals surface area contributed by atoms with Gasteiger partial charge >= 0.3 is 0 Å². The SMILES string of the molecule is CCC(C)CCNc1ccc(-c2ccc(OCc3ccccc3)nc2OCc2ccccc2)cc1F.